The zero-order chi connectivity index (χ0) is 16.3. The van der Waals surface area contributed by atoms with Gasteiger partial charge in [-0.05, 0) is 23.9 Å². The Bertz CT molecular complexity index is 688. The van der Waals surface area contributed by atoms with Gasteiger partial charge in [0.15, 0.2) is 5.75 Å². The quantitative estimate of drug-likeness (QED) is 0.895. The largest absolute Gasteiger partial charge is 0.494 e. The number of thiophene rings is 1. The SMILES string of the molecule is COc1cnc(NC(=O)NC[C@@]2(C)OCCc3sccc32)nc1. The third kappa shape index (κ3) is 3.43. The highest BCUT2D eigenvalue weighted by Crippen LogP contribution is 2.35. The lowest BCUT2D eigenvalue weighted by Crippen LogP contribution is -2.44. The van der Waals surface area contributed by atoms with Crippen LogP contribution in [0.4, 0.5) is 10.7 Å². The number of aromatic nitrogens is 2. The maximum absolute atomic E-state index is 12.0. The molecule has 0 aromatic carbocycles. The van der Waals surface area contributed by atoms with Gasteiger partial charge in [0, 0.05) is 11.3 Å². The van der Waals surface area contributed by atoms with Crippen molar-refractivity contribution in [2.24, 2.45) is 0 Å². The topological polar surface area (TPSA) is 85.4 Å². The number of hydrogen-bond acceptors (Lipinski definition) is 6. The maximum Gasteiger partial charge on any atom is 0.321 e. The lowest BCUT2D eigenvalue weighted by molar-refractivity contribution is -0.0416. The Morgan fingerprint density at radius 3 is 3.00 bits per heavy atom. The number of carbonyl (C=O) groups is 1. The van der Waals surface area contributed by atoms with Crippen molar-refractivity contribution in [3.05, 3.63) is 34.3 Å². The normalized spacial score (nSPS) is 19.7. The van der Waals surface area contributed by atoms with Crippen LogP contribution in [0, 0.1) is 0 Å². The molecule has 1 atom stereocenters. The lowest BCUT2D eigenvalue weighted by atomic mass is 9.93. The highest BCUT2D eigenvalue weighted by molar-refractivity contribution is 7.10. The standard InChI is InChI=1S/C15H18N4O3S/c1-15(11-4-6-23-12(11)3-5-22-15)9-18-14(20)19-13-16-7-10(21-2)8-17-13/h4,6-8H,3,5,9H2,1-2H3,(H2,16,17,18,19,20)/t15-/m1/s1. The number of anilines is 1. The molecular weight excluding hydrogens is 316 g/mol. The molecule has 3 rings (SSSR count). The number of nitrogens with one attached hydrogen (secondary N) is 2. The van der Waals surface area contributed by atoms with Crippen molar-refractivity contribution in [2.75, 3.05) is 25.6 Å². The summed E-state index contributed by atoms with van der Waals surface area (Å²) >= 11 is 1.73. The smallest absolute Gasteiger partial charge is 0.321 e. The van der Waals surface area contributed by atoms with Crippen molar-refractivity contribution in [1.82, 2.24) is 15.3 Å². The van der Waals surface area contributed by atoms with Crippen molar-refractivity contribution >= 4 is 23.3 Å². The van der Waals surface area contributed by atoms with Crippen LogP contribution >= 0.6 is 11.3 Å². The molecule has 1 aliphatic rings. The van der Waals surface area contributed by atoms with E-state index in [4.69, 9.17) is 9.47 Å². The Hall–Kier alpha value is -2.19. The van der Waals surface area contributed by atoms with Crippen molar-refractivity contribution in [3.63, 3.8) is 0 Å². The van der Waals surface area contributed by atoms with Gasteiger partial charge in [0.05, 0.1) is 32.7 Å². The summed E-state index contributed by atoms with van der Waals surface area (Å²) in [6.07, 6.45) is 3.91. The minimum atomic E-state index is -0.508. The highest BCUT2D eigenvalue weighted by Gasteiger charge is 2.34. The molecule has 0 saturated heterocycles. The van der Waals surface area contributed by atoms with E-state index in [-0.39, 0.29) is 12.0 Å². The molecule has 23 heavy (non-hydrogen) atoms. The maximum atomic E-state index is 12.0. The Balaban J connectivity index is 1.59. The van der Waals surface area contributed by atoms with E-state index < -0.39 is 5.60 Å². The van der Waals surface area contributed by atoms with Gasteiger partial charge in [0.25, 0.3) is 0 Å². The number of amides is 2. The van der Waals surface area contributed by atoms with E-state index in [1.165, 1.54) is 24.4 Å². The Labute approximate surface area is 138 Å². The third-order valence-electron chi connectivity index (χ3n) is 3.74. The number of hydrogen-bond donors (Lipinski definition) is 2. The lowest BCUT2D eigenvalue weighted by Gasteiger charge is -2.34. The number of carbonyl (C=O) groups excluding carboxylic acids is 1. The predicted octanol–water partition coefficient (Wildman–Crippen LogP) is 2.16. The Kier molecular flexibility index (Phi) is 4.44. The van der Waals surface area contributed by atoms with Crippen LogP contribution in [0.1, 0.15) is 17.4 Å². The zero-order valence-electron chi connectivity index (χ0n) is 13.0. The van der Waals surface area contributed by atoms with E-state index >= 15 is 0 Å². The van der Waals surface area contributed by atoms with Gasteiger partial charge in [-0.1, -0.05) is 0 Å². The van der Waals surface area contributed by atoms with Crippen LogP contribution in [-0.2, 0) is 16.8 Å². The minimum Gasteiger partial charge on any atom is -0.494 e. The third-order valence-corrected chi connectivity index (χ3v) is 4.72. The van der Waals surface area contributed by atoms with Crippen LogP contribution in [0.15, 0.2) is 23.8 Å². The molecule has 2 aromatic heterocycles. The van der Waals surface area contributed by atoms with Crippen molar-refractivity contribution < 1.29 is 14.3 Å². The molecule has 0 saturated carbocycles. The van der Waals surface area contributed by atoms with Crippen molar-refractivity contribution in [1.29, 1.82) is 0 Å². The van der Waals surface area contributed by atoms with Crippen LogP contribution in [0.25, 0.3) is 0 Å². The first kappa shape index (κ1) is 15.7. The minimum absolute atomic E-state index is 0.217. The number of methoxy groups -OCH3 is 1. The summed E-state index contributed by atoms with van der Waals surface area (Å²) in [5.41, 5.74) is 0.640. The zero-order valence-corrected chi connectivity index (χ0v) is 13.8. The van der Waals surface area contributed by atoms with Gasteiger partial charge in [-0.15, -0.1) is 11.3 Å². The van der Waals surface area contributed by atoms with Crippen LogP contribution in [0.3, 0.4) is 0 Å². The average Bonchev–Trinajstić information content (AvgIpc) is 3.04. The van der Waals surface area contributed by atoms with E-state index in [1.807, 2.05) is 6.92 Å². The fourth-order valence-corrected chi connectivity index (χ4v) is 3.46. The van der Waals surface area contributed by atoms with Gasteiger partial charge in [-0.25, -0.2) is 14.8 Å². The molecule has 122 valence electrons. The fraction of sp³-hybridized carbons (Fsp3) is 0.400. The molecule has 0 unspecified atom stereocenters. The summed E-state index contributed by atoms with van der Waals surface area (Å²) in [5, 5.41) is 7.46. The molecule has 2 N–H and O–H groups in total. The number of ether oxygens (including phenoxy) is 2. The van der Waals surface area contributed by atoms with Gasteiger partial charge in [0.2, 0.25) is 5.95 Å². The Morgan fingerprint density at radius 1 is 1.48 bits per heavy atom. The second kappa shape index (κ2) is 6.51. The summed E-state index contributed by atoms with van der Waals surface area (Å²) < 4.78 is 10.9. The Morgan fingerprint density at radius 2 is 2.26 bits per heavy atom. The summed E-state index contributed by atoms with van der Waals surface area (Å²) in [5.74, 6) is 0.748. The molecule has 7 nitrogen and oxygen atoms in total. The van der Waals surface area contributed by atoms with Crippen molar-refractivity contribution in [3.8, 4) is 5.75 Å². The predicted molar refractivity (Wildman–Crippen MR) is 86.9 cm³/mol. The monoisotopic (exact) mass is 334 g/mol. The summed E-state index contributed by atoms with van der Waals surface area (Å²) in [4.78, 5) is 21.3. The van der Waals surface area contributed by atoms with Gasteiger partial charge < -0.3 is 14.8 Å². The molecule has 0 bridgehead atoms. The molecule has 8 heteroatoms. The first-order valence-electron chi connectivity index (χ1n) is 7.22. The summed E-state index contributed by atoms with van der Waals surface area (Å²) in [7, 11) is 1.53. The molecule has 0 aliphatic carbocycles. The summed E-state index contributed by atoms with van der Waals surface area (Å²) in [6, 6.07) is 1.69. The number of urea groups is 1. The van der Waals surface area contributed by atoms with E-state index in [9.17, 15) is 4.79 Å². The number of rotatable bonds is 4. The van der Waals surface area contributed by atoms with Crippen molar-refractivity contribution in [2.45, 2.75) is 18.9 Å². The molecule has 1 aliphatic heterocycles. The number of nitrogens with zero attached hydrogens (tertiary/aromatic N) is 2. The van der Waals surface area contributed by atoms with Gasteiger partial charge in [-0.2, -0.15) is 0 Å². The van der Waals surface area contributed by atoms with E-state index in [0.29, 0.717) is 18.9 Å². The first-order chi connectivity index (χ1) is 11.1. The molecule has 0 radical (unpaired) electrons. The van der Waals surface area contributed by atoms with E-state index in [1.54, 1.807) is 11.3 Å². The molecular formula is C15H18N4O3S. The average molecular weight is 334 g/mol. The second-order valence-corrected chi connectivity index (χ2v) is 6.34. The first-order valence-corrected chi connectivity index (χ1v) is 8.10. The second-order valence-electron chi connectivity index (χ2n) is 5.34. The van der Waals surface area contributed by atoms with Crippen LogP contribution < -0.4 is 15.4 Å². The molecule has 2 amide bonds. The molecule has 0 fully saturated rings. The summed E-state index contributed by atoms with van der Waals surface area (Å²) in [6.45, 7) is 3.02. The van der Waals surface area contributed by atoms with Crippen LogP contribution in [0.2, 0.25) is 0 Å². The van der Waals surface area contributed by atoms with Gasteiger partial charge in [-0.3, -0.25) is 5.32 Å². The van der Waals surface area contributed by atoms with Gasteiger partial charge in [0.1, 0.15) is 5.60 Å². The van der Waals surface area contributed by atoms with E-state index in [0.717, 1.165) is 12.0 Å². The van der Waals surface area contributed by atoms with E-state index in [2.05, 4.69) is 32.0 Å². The van der Waals surface area contributed by atoms with Crippen LogP contribution in [-0.4, -0.2) is 36.3 Å². The van der Waals surface area contributed by atoms with Gasteiger partial charge >= 0.3 is 6.03 Å². The number of fused-ring (bicyclic) bond motifs is 1. The fourth-order valence-electron chi connectivity index (χ4n) is 2.48. The molecule has 3 heterocycles. The molecule has 2 aromatic rings. The highest BCUT2D eigenvalue weighted by atomic mass is 32.1. The van der Waals surface area contributed by atoms with Crippen LogP contribution in [0.5, 0.6) is 5.75 Å². The molecule has 0 spiro atoms.